The van der Waals surface area contributed by atoms with Gasteiger partial charge in [-0.3, -0.25) is 4.79 Å². The Morgan fingerprint density at radius 1 is 1.09 bits per heavy atom. The zero-order valence-corrected chi connectivity index (χ0v) is 13.6. The highest BCUT2D eigenvalue weighted by Crippen LogP contribution is 2.87. The van der Waals surface area contributed by atoms with Crippen molar-refractivity contribution in [1.29, 1.82) is 0 Å². The van der Waals surface area contributed by atoms with E-state index in [1.807, 2.05) is 0 Å². The monoisotopic (exact) mass is 295 g/mol. The smallest absolute Gasteiger partial charge is 0.223 e. The molecule has 4 saturated carbocycles. The van der Waals surface area contributed by atoms with Crippen LogP contribution in [0.15, 0.2) is 30.3 Å². The molecule has 2 nitrogen and oxygen atoms in total. The molecule has 2 heteroatoms. The van der Waals surface area contributed by atoms with Crippen LogP contribution in [0.4, 0.5) is 0 Å². The maximum absolute atomic E-state index is 12.4. The van der Waals surface area contributed by atoms with Crippen molar-refractivity contribution in [2.75, 3.05) is 0 Å². The van der Waals surface area contributed by atoms with Gasteiger partial charge in [-0.2, -0.15) is 0 Å². The number of carbonyl (C=O) groups is 1. The highest BCUT2D eigenvalue weighted by atomic mass is 16.1. The van der Waals surface area contributed by atoms with Gasteiger partial charge in [0.15, 0.2) is 0 Å². The molecule has 2 N–H and O–H groups in total. The summed E-state index contributed by atoms with van der Waals surface area (Å²) >= 11 is 0. The van der Waals surface area contributed by atoms with Crippen molar-refractivity contribution in [2.24, 2.45) is 33.8 Å². The first-order valence-electron chi connectivity index (χ1n) is 8.72. The molecular weight excluding hydrogens is 270 g/mol. The van der Waals surface area contributed by atoms with Gasteiger partial charge in [0.2, 0.25) is 5.91 Å². The summed E-state index contributed by atoms with van der Waals surface area (Å²) in [5.41, 5.74) is 8.12. The molecule has 0 aromatic heterocycles. The first kappa shape index (κ1) is 13.2. The van der Waals surface area contributed by atoms with E-state index in [1.165, 1.54) is 18.4 Å². The van der Waals surface area contributed by atoms with Gasteiger partial charge in [0.1, 0.15) is 0 Å². The Hall–Kier alpha value is -1.31. The normalized spacial score (nSPS) is 49.7. The zero-order valence-electron chi connectivity index (χ0n) is 13.6. The molecule has 0 aliphatic heterocycles. The third kappa shape index (κ3) is 1.11. The minimum Gasteiger partial charge on any atom is -0.369 e. The van der Waals surface area contributed by atoms with Gasteiger partial charge < -0.3 is 5.73 Å². The van der Waals surface area contributed by atoms with Crippen LogP contribution in [0.5, 0.6) is 0 Å². The first-order valence-corrected chi connectivity index (χ1v) is 8.72. The van der Waals surface area contributed by atoms with Gasteiger partial charge in [0, 0.05) is 5.41 Å². The lowest BCUT2D eigenvalue weighted by molar-refractivity contribution is -0.130. The summed E-state index contributed by atoms with van der Waals surface area (Å²) in [5.74, 6) is 1.42. The van der Waals surface area contributed by atoms with E-state index in [9.17, 15) is 4.79 Å². The maximum atomic E-state index is 12.4. The Labute approximate surface area is 132 Å². The number of fused-ring (bicyclic) bond motifs is 2. The van der Waals surface area contributed by atoms with E-state index >= 15 is 0 Å². The van der Waals surface area contributed by atoms with Gasteiger partial charge in [-0.15, -0.1) is 0 Å². The van der Waals surface area contributed by atoms with E-state index in [-0.39, 0.29) is 16.7 Å². The second-order valence-electron chi connectivity index (χ2n) is 9.29. The molecular formula is C20H25NO. The number of benzene rings is 1. The first-order chi connectivity index (χ1) is 10.4. The fraction of sp³-hybridized carbons (Fsp3) is 0.650. The zero-order chi connectivity index (χ0) is 15.4. The lowest BCUT2D eigenvalue weighted by Gasteiger charge is -2.62. The molecule has 5 unspecified atom stereocenters. The van der Waals surface area contributed by atoms with E-state index in [2.05, 4.69) is 44.2 Å². The molecule has 0 radical (unpaired) electrons. The molecule has 1 amide bonds. The molecule has 0 saturated heterocycles. The third-order valence-corrected chi connectivity index (χ3v) is 8.51. The van der Waals surface area contributed by atoms with Crippen LogP contribution in [-0.2, 0) is 10.2 Å². The van der Waals surface area contributed by atoms with Crippen LogP contribution in [0.3, 0.4) is 0 Å². The van der Waals surface area contributed by atoms with E-state index < -0.39 is 0 Å². The molecule has 1 spiro atoms. The van der Waals surface area contributed by atoms with Crippen LogP contribution >= 0.6 is 0 Å². The van der Waals surface area contributed by atoms with Crippen LogP contribution in [0.1, 0.15) is 51.5 Å². The van der Waals surface area contributed by atoms with Gasteiger partial charge in [-0.1, -0.05) is 44.2 Å². The molecule has 5 atom stereocenters. The molecule has 4 aliphatic carbocycles. The minimum atomic E-state index is -0.235. The summed E-state index contributed by atoms with van der Waals surface area (Å²) < 4.78 is 0. The van der Waals surface area contributed by atoms with Crippen molar-refractivity contribution in [3.63, 3.8) is 0 Å². The maximum Gasteiger partial charge on any atom is 0.223 e. The highest BCUT2D eigenvalue weighted by Gasteiger charge is 2.83. The Balaban J connectivity index is 1.73. The summed E-state index contributed by atoms with van der Waals surface area (Å²) in [6, 6.07) is 11.0. The van der Waals surface area contributed by atoms with Crippen molar-refractivity contribution in [3.8, 4) is 0 Å². The summed E-state index contributed by atoms with van der Waals surface area (Å²) in [6.07, 6.45) is 5.66. The lowest BCUT2D eigenvalue weighted by Crippen LogP contribution is -2.58. The van der Waals surface area contributed by atoms with Crippen LogP contribution < -0.4 is 5.73 Å². The average Bonchev–Trinajstić information content (AvgIpc) is 2.72. The minimum absolute atomic E-state index is 0.0299. The van der Waals surface area contributed by atoms with Crippen LogP contribution in [-0.4, -0.2) is 5.91 Å². The predicted molar refractivity (Wildman–Crippen MR) is 86.0 cm³/mol. The van der Waals surface area contributed by atoms with Crippen molar-refractivity contribution in [3.05, 3.63) is 35.9 Å². The van der Waals surface area contributed by atoms with E-state index in [0.717, 1.165) is 25.2 Å². The highest BCUT2D eigenvalue weighted by molar-refractivity contribution is 5.83. The fourth-order valence-corrected chi connectivity index (χ4v) is 7.60. The number of rotatable bonds is 2. The van der Waals surface area contributed by atoms with Crippen molar-refractivity contribution < 1.29 is 4.79 Å². The van der Waals surface area contributed by atoms with E-state index in [0.29, 0.717) is 16.7 Å². The summed E-state index contributed by atoms with van der Waals surface area (Å²) in [7, 11) is 0. The SMILES string of the molecule is CC1(C)C2CC3(C(N)=O)CC4(c5ccccc5)CC1C4(C2)C3. The molecule has 116 valence electrons. The Bertz CT molecular complexity index is 680. The van der Waals surface area contributed by atoms with Crippen LogP contribution in [0.25, 0.3) is 0 Å². The lowest BCUT2D eigenvalue weighted by atomic mass is 9.42. The van der Waals surface area contributed by atoms with E-state index in [4.69, 9.17) is 5.73 Å². The summed E-state index contributed by atoms with van der Waals surface area (Å²) in [6.45, 7) is 4.89. The second-order valence-corrected chi connectivity index (χ2v) is 9.29. The van der Waals surface area contributed by atoms with Crippen molar-refractivity contribution in [1.82, 2.24) is 0 Å². The van der Waals surface area contributed by atoms with Gasteiger partial charge in [-0.25, -0.2) is 0 Å². The second kappa shape index (κ2) is 3.44. The molecule has 1 aromatic rings. The average molecular weight is 295 g/mol. The molecule has 0 heterocycles. The molecule has 4 fully saturated rings. The largest absolute Gasteiger partial charge is 0.369 e. The van der Waals surface area contributed by atoms with Crippen molar-refractivity contribution in [2.45, 2.75) is 51.4 Å². The van der Waals surface area contributed by atoms with Gasteiger partial charge in [-0.05, 0) is 60.3 Å². The Morgan fingerprint density at radius 2 is 1.82 bits per heavy atom. The topological polar surface area (TPSA) is 43.1 Å². The van der Waals surface area contributed by atoms with Gasteiger partial charge in [0.25, 0.3) is 0 Å². The van der Waals surface area contributed by atoms with Crippen LogP contribution in [0, 0.1) is 28.1 Å². The third-order valence-electron chi connectivity index (χ3n) is 8.51. The Morgan fingerprint density at radius 3 is 2.50 bits per heavy atom. The number of amides is 1. The number of primary amides is 1. The predicted octanol–water partition coefficient (Wildman–Crippen LogP) is 3.65. The number of hydrogen-bond donors (Lipinski definition) is 1. The molecule has 4 aliphatic rings. The molecule has 3 bridgehead atoms. The Kier molecular flexibility index (Phi) is 2.06. The standard InChI is InChI=1S/C20H25NO/c1-17(2)14-8-18(16(21)22)11-19(13-6-4-3-5-7-13)10-15(17)20(19,9-14)12-18/h3-7,14-15H,8-12H2,1-2H3,(H2,21,22). The van der Waals surface area contributed by atoms with Crippen LogP contribution in [0.2, 0.25) is 0 Å². The summed E-state index contributed by atoms with van der Waals surface area (Å²) in [4.78, 5) is 12.4. The molecule has 22 heavy (non-hydrogen) atoms. The number of carbonyl (C=O) groups excluding carboxylic acids is 1. The molecule has 5 rings (SSSR count). The van der Waals surface area contributed by atoms with Gasteiger partial charge >= 0.3 is 0 Å². The number of nitrogens with two attached hydrogens (primary N) is 1. The fourth-order valence-electron chi connectivity index (χ4n) is 7.60. The van der Waals surface area contributed by atoms with E-state index in [1.54, 1.807) is 0 Å². The number of hydrogen-bond acceptors (Lipinski definition) is 1. The summed E-state index contributed by atoms with van der Waals surface area (Å²) in [5, 5.41) is 0. The molecule has 1 aromatic carbocycles. The quantitative estimate of drug-likeness (QED) is 0.889. The van der Waals surface area contributed by atoms with Crippen molar-refractivity contribution >= 4 is 5.91 Å². The van der Waals surface area contributed by atoms with Gasteiger partial charge in [0.05, 0.1) is 5.41 Å².